The number of hydrogen-bond donors (Lipinski definition) is 0. The lowest BCUT2D eigenvalue weighted by Crippen LogP contribution is -2.11. The van der Waals surface area contributed by atoms with Crippen molar-refractivity contribution in [3.05, 3.63) is 35.4 Å². The minimum absolute atomic E-state index is 0.221. The summed E-state index contributed by atoms with van der Waals surface area (Å²) in [4.78, 5) is 12.0. The standard InChI is InChI=1S/C16H22O2S/c1-12(2)13-5-7-14(8-6-13)16(17)11-19-10-15-4-3-9-18-15/h5-8,12,15H,3-4,9-11H2,1-2H3. The van der Waals surface area contributed by atoms with Crippen LogP contribution in [0.4, 0.5) is 0 Å². The number of benzene rings is 1. The lowest BCUT2D eigenvalue weighted by Gasteiger charge is -2.09. The molecule has 19 heavy (non-hydrogen) atoms. The Morgan fingerprint density at radius 2 is 2.11 bits per heavy atom. The fraction of sp³-hybridized carbons (Fsp3) is 0.562. The zero-order valence-corrected chi connectivity index (χ0v) is 12.5. The van der Waals surface area contributed by atoms with Crippen LogP contribution in [0.3, 0.4) is 0 Å². The van der Waals surface area contributed by atoms with E-state index in [1.165, 1.54) is 5.56 Å². The zero-order valence-electron chi connectivity index (χ0n) is 11.7. The summed E-state index contributed by atoms with van der Waals surface area (Å²) in [6.07, 6.45) is 2.67. The van der Waals surface area contributed by atoms with Crippen LogP contribution in [-0.2, 0) is 4.74 Å². The molecule has 1 saturated heterocycles. The van der Waals surface area contributed by atoms with E-state index in [4.69, 9.17) is 4.74 Å². The lowest BCUT2D eigenvalue weighted by atomic mass is 10.0. The maximum Gasteiger partial charge on any atom is 0.172 e. The van der Waals surface area contributed by atoms with Gasteiger partial charge in [0.25, 0.3) is 0 Å². The average molecular weight is 278 g/mol. The van der Waals surface area contributed by atoms with Gasteiger partial charge in [0.1, 0.15) is 0 Å². The third-order valence-electron chi connectivity index (χ3n) is 3.46. The maximum atomic E-state index is 12.0. The van der Waals surface area contributed by atoms with E-state index < -0.39 is 0 Å². The van der Waals surface area contributed by atoms with E-state index in [0.29, 0.717) is 17.8 Å². The molecular formula is C16H22O2S. The van der Waals surface area contributed by atoms with Gasteiger partial charge >= 0.3 is 0 Å². The SMILES string of the molecule is CC(C)c1ccc(C(=O)CSCC2CCCO2)cc1. The summed E-state index contributed by atoms with van der Waals surface area (Å²) < 4.78 is 5.55. The van der Waals surface area contributed by atoms with Crippen LogP contribution in [0, 0.1) is 0 Å². The Labute approximate surface area is 119 Å². The quantitative estimate of drug-likeness (QED) is 0.738. The maximum absolute atomic E-state index is 12.0. The van der Waals surface area contributed by atoms with Crippen molar-refractivity contribution in [1.82, 2.24) is 0 Å². The van der Waals surface area contributed by atoms with Gasteiger partial charge in [-0.1, -0.05) is 38.1 Å². The summed E-state index contributed by atoms with van der Waals surface area (Å²) in [5.74, 6) is 2.23. The van der Waals surface area contributed by atoms with Crippen LogP contribution in [0.1, 0.15) is 48.5 Å². The molecule has 0 aliphatic carbocycles. The Bertz CT molecular complexity index is 405. The number of ether oxygens (including phenoxy) is 1. The predicted molar refractivity (Wildman–Crippen MR) is 81.2 cm³/mol. The molecule has 1 aromatic rings. The van der Waals surface area contributed by atoms with Crippen molar-refractivity contribution >= 4 is 17.5 Å². The molecule has 1 aliphatic heterocycles. The summed E-state index contributed by atoms with van der Waals surface area (Å²) in [6, 6.07) is 8.01. The highest BCUT2D eigenvalue weighted by atomic mass is 32.2. The Kier molecular flexibility index (Phi) is 5.46. The van der Waals surface area contributed by atoms with Crippen LogP contribution < -0.4 is 0 Å². The monoisotopic (exact) mass is 278 g/mol. The average Bonchev–Trinajstić information content (AvgIpc) is 2.92. The number of carbonyl (C=O) groups excluding carboxylic acids is 1. The molecule has 0 radical (unpaired) electrons. The van der Waals surface area contributed by atoms with Crippen molar-refractivity contribution in [3.63, 3.8) is 0 Å². The second-order valence-corrected chi connectivity index (χ2v) is 6.38. The molecule has 104 valence electrons. The number of hydrogen-bond acceptors (Lipinski definition) is 3. The van der Waals surface area contributed by atoms with Crippen molar-refractivity contribution in [2.24, 2.45) is 0 Å². The van der Waals surface area contributed by atoms with Crippen LogP contribution in [0.15, 0.2) is 24.3 Å². The number of Topliss-reactive ketones (excluding diaryl/α,β-unsaturated/α-hetero) is 1. The molecule has 0 aromatic heterocycles. The van der Waals surface area contributed by atoms with Gasteiger partial charge in [-0.25, -0.2) is 0 Å². The van der Waals surface area contributed by atoms with E-state index in [1.54, 1.807) is 11.8 Å². The first-order valence-corrected chi connectivity index (χ1v) is 8.15. The molecule has 0 amide bonds. The van der Waals surface area contributed by atoms with Crippen LogP contribution in [0.2, 0.25) is 0 Å². The first kappa shape index (κ1) is 14.6. The number of rotatable bonds is 6. The summed E-state index contributed by atoms with van der Waals surface area (Å²) in [5.41, 5.74) is 2.10. The van der Waals surface area contributed by atoms with Crippen molar-refractivity contribution in [3.8, 4) is 0 Å². The van der Waals surface area contributed by atoms with Gasteiger partial charge in [-0.3, -0.25) is 4.79 Å². The van der Waals surface area contributed by atoms with Gasteiger partial charge in [-0.2, -0.15) is 11.8 Å². The molecular weight excluding hydrogens is 256 g/mol. The molecule has 2 rings (SSSR count). The highest BCUT2D eigenvalue weighted by molar-refractivity contribution is 8.00. The molecule has 0 bridgehead atoms. The minimum Gasteiger partial charge on any atom is -0.377 e. The van der Waals surface area contributed by atoms with Gasteiger partial charge in [0.15, 0.2) is 5.78 Å². The van der Waals surface area contributed by atoms with Gasteiger partial charge in [0.2, 0.25) is 0 Å². The molecule has 3 heteroatoms. The fourth-order valence-electron chi connectivity index (χ4n) is 2.20. The number of carbonyl (C=O) groups is 1. The van der Waals surface area contributed by atoms with Gasteiger partial charge in [-0.05, 0) is 24.3 Å². The van der Waals surface area contributed by atoms with E-state index >= 15 is 0 Å². The van der Waals surface area contributed by atoms with E-state index in [9.17, 15) is 4.79 Å². The molecule has 0 spiro atoms. The Morgan fingerprint density at radius 3 is 2.68 bits per heavy atom. The first-order valence-electron chi connectivity index (χ1n) is 6.99. The third-order valence-corrected chi connectivity index (χ3v) is 4.53. The highest BCUT2D eigenvalue weighted by Crippen LogP contribution is 2.19. The molecule has 2 nitrogen and oxygen atoms in total. The molecule has 1 fully saturated rings. The Hall–Kier alpha value is -0.800. The second kappa shape index (κ2) is 7.11. The van der Waals surface area contributed by atoms with Gasteiger partial charge in [-0.15, -0.1) is 0 Å². The topological polar surface area (TPSA) is 26.3 Å². The van der Waals surface area contributed by atoms with E-state index in [-0.39, 0.29) is 5.78 Å². The third kappa shape index (κ3) is 4.36. The first-order chi connectivity index (χ1) is 9.16. The molecule has 1 unspecified atom stereocenters. The molecule has 0 N–H and O–H groups in total. The molecule has 0 saturated carbocycles. The summed E-state index contributed by atoms with van der Waals surface area (Å²) >= 11 is 1.69. The van der Waals surface area contributed by atoms with Gasteiger partial charge in [0.05, 0.1) is 11.9 Å². The zero-order chi connectivity index (χ0) is 13.7. The normalized spacial score (nSPS) is 19.0. The Balaban J connectivity index is 1.78. The predicted octanol–water partition coefficient (Wildman–Crippen LogP) is 3.90. The number of ketones is 1. The minimum atomic E-state index is 0.221. The van der Waals surface area contributed by atoms with Crippen molar-refractivity contribution in [2.75, 3.05) is 18.1 Å². The van der Waals surface area contributed by atoms with E-state index in [1.807, 2.05) is 12.1 Å². The summed E-state index contributed by atoms with van der Waals surface area (Å²) in [6.45, 7) is 5.21. The van der Waals surface area contributed by atoms with Gasteiger partial charge < -0.3 is 4.74 Å². The van der Waals surface area contributed by atoms with Crippen molar-refractivity contribution in [1.29, 1.82) is 0 Å². The number of thioether (sulfide) groups is 1. The van der Waals surface area contributed by atoms with Crippen molar-refractivity contribution in [2.45, 2.75) is 38.7 Å². The molecule has 1 aromatic carbocycles. The summed E-state index contributed by atoms with van der Waals surface area (Å²) in [5, 5.41) is 0. The molecule has 1 atom stereocenters. The summed E-state index contributed by atoms with van der Waals surface area (Å²) in [7, 11) is 0. The van der Waals surface area contributed by atoms with Crippen LogP contribution in [-0.4, -0.2) is 30.0 Å². The van der Waals surface area contributed by atoms with Crippen LogP contribution in [0.5, 0.6) is 0 Å². The second-order valence-electron chi connectivity index (χ2n) is 5.35. The smallest absolute Gasteiger partial charge is 0.172 e. The van der Waals surface area contributed by atoms with Gasteiger partial charge in [0, 0.05) is 17.9 Å². The lowest BCUT2D eigenvalue weighted by molar-refractivity contribution is 0.102. The Morgan fingerprint density at radius 1 is 1.37 bits per heavy atom. The van der Waals surface area contributed by atoms with E-state index in [2.05, 4.69) is 26.0 Å². The highest BCUT2D eigenvalue weighted by Gasteiger charge is 2.16. The molecule has 1 aliphatic rings. The van der Waals surface area contributed by atoms with Crippen molar-refractivity contribution < 1.29 is 9.53 Å². The fourth-order valence-corrected chi connectivity index (χ4v) is 3.19. The van der Waals surface area contributed by atoms with Crippen LogP contribution >= 0.6 is 11.8 Å². The van der Waals surface area contributed by atoms with Crippen LogP contribution in [0.25, 0.3) is 0 Å². The van der Waals surface area contributed by atoms with E-state index in [0.717, 1.165) is 30.8 Å². The molecule has 1 heterocycles. The largest absolute Gasteiger partial charge is 0.377 e.